The Kier molecular flexibility index (Phi) is 3.79. The first-order chi connectivity index (χ1) is 8.14. The molecular weight excluding hydrogens is 218 g/mol. The molecule has 2 atom stereocenters. The minimum Gasteiger partial charge on any atom is -0.378 e. The van der Waals surface area contributed by atoms with Crippen molar-refractivity contribution in [3.8, 4) is 0 Å². The first-order valence-electron chi connectivity index (χ1n) is 6.24. The number of nitrogens with zero attached hydrogens (tertiary/aromatic N) is 2. The van der Waals surface area contributed by atoms with Crippen molar-refractivity contribution in [3.05, 3.63) is 12.2 Å². The third-order valence-electron chi connectivity index (χ3n) is 3.69. The van der Waals surface area contributed by atoms with E-state index < -0.39 is 0 Å². The number of hydrogen-bond acceptors (Lipinski definition) is 5. The Morgan fingerprint density at radius 2 is 2.41 bits per heavy atom. The van der Waals surface area contributed by atoms with Crippen molar-refractivity contribution < 1.29 is 9.26 Å². The van der Waals surface area contributed by atoms with Crippen molar-refractivity contribution >= 4 is 0 Å². The number of nitrogens with one attached hydrogen (secondary N) is 1. The summed E-state index contributed by atoms with van der Waals surface area (Å²) in [5.41, 5.74) is 0.216. The molecule has 1 aromatic rings. The smallest absolute Gasteiger partial charge is 0.213 e. The zero-order valence-corrected chi connectivity index (χ0v) is 10.8. The second kappa shape index (κ2) is 5.14. The highest BCUT2D eigenvalue weighted by Crippen LogP contribution is 2.42. The van der Waals surface area contributed by atoms with Gasteiger partial charge in [-0.1, -0.05) is 19.0 Å². The Morgan fingerprint density at radius 3 is 3.00 bits per heavy atom. The van der Waals surface area contributed by atoms with Crippen LogP contribution in [0.3, 0.4) is 0 Å². The zero-order chi connectivity index (χ0) is 12.3. The van der Waals surface area contributed by atoms with Crippen molar-refractivity contribution in [2.24, 2.45) is 5.41 Å². The van der Waals surface area contributed by atoms with Gasteiger partial charge in [0.1, 0.15) is 0 Å². The summed E-state index contributed by atoms with van der Waals surface area (Å²) in [4.78, 5) is 4.00. The lowest BCUT2D eigenvalue weighted by Crippen LogP contribution is -2.61. The van der Waals surface area contributed by atoms with Crippen molar-refractivity contribution in [2.45, 2.75) is 45.8 Å². The molecule has 0 saturated heterocycles. The summed E-state index contributed by atoms with van der Waals surface area (Å²) in [6.45, 7) is 8.23. The predicted octanol–water partition coefficient (Wildman–Crippen LogP) is 1.41. The molecular formula is C12H21N3O2. The van der Waals surface area contributed by atoms with Crippen LogP contribution in [0.15, 0.2) is 10.9 Å². The summed E-state index contributed by atoms with van der Waals surface area (Å²) in [5, 5.41) is 7.32. The molecule has 5 nitrogen and oxygen atoms in total. The molecule has 1 saturated carbocycles. The van der Waals surface area contributed by atoms with Gasteiger partial charge in [0.05, 0.1) is 6.10 Å². The minimum absolute atomic E-state index is 0.216. The van der Waals surface area contributed by atoms with Crippen LogP contribution in [-0.4, -0.2) is 35.4 Å². The van der Waals surface area contributed by atoms with Crippen molar-refractivity contribution in [1.82, 2.24) is 15.5 Å². The van der Waals surface area contributed by atoms with Crippen LogP contribution in [0.25, 0.3) is 0 Å². The van der Waals surface area contributed by atoms with E-state index in [0.29, 0.717) is 12.1 Å². The van der Waals surface area contributed by atoms with Gasteiger partial charge in [0.15, 0.2) is 5.82 Å². The number of hydrogen-bond donors (Lipinski definition) is 1. The van der Waals surface area contributed by atoms with Gasteiger partial charge in [-0.3, -0.25) is 0 Å². The lowest BCUT2D eigenvalue weighted by Gasteiger charge is -2.52. The average Bonchev–Trinajstić information content (AvgIpc) is 2.80. The molecule has 1 aliphatic carbocycles. The summed E-state index contributed by atoms with van der Waals surface area (Å²) in [5.74, 6) is 0.760. The SMILES string of the molecule is CCOC1CC(NCCc2ncon2)C1(C)C. The highest BCUT2D eigenvalue weighted by Gasteiger charge is 2.48. The zero-order valence-electron chi connectivity index (χ0n) is 10.8. The number of ether oxygens (including phenoxy) is 1. The first-order valence-corrected chi connectivity index (χ1v) is 6.24. The quantitative estimate of drug-likeness (QED) is 0.813. The average molecular weight is 239 g/mol. The molecule has 1 aliphatic rings. The largest absolute Gasteiger partial charge is 0.378 e. The third kappa shape index (κ3) is 2.66. The van der Waals surface area contributed by atoms with Gasteiger partial charge in [0, 0.05) is 31.0 Å². The van der Waals surface area contributed by atoms with Gasteiger partial charge in [0.2, 0.25) is 6.39 Å². The Hall–Kier alpha value is -0.940. The fourth-order valence-electron chi connectivity index (χ4n) is 2.38. The number of aromatic nitrogens is 2. The van der Waals surface area contributed by atoms with E-state index in [9.17, 15) is 0 Å². The third-order valence-corrected chi connectivity index (χ3v) is 3.69. The van der Waals surface area contributed by atoms with Crippen molar-refractivity contribution in [1.29, 1.82) is 0 Å². The standard InChI is InChI=1S/C12H21N3O2/c1-4-16-10-7-9(12(10,2)3)13-6-5-11-14-8-17-15-11/h8-10,13H,4-7H2,1-3H3. The van der Waals surface area contributed by atoms with Crippen LogP contribution in [0.5, 0.6) is 0 Å². The van der Waals surface area contributed by atoms with E-state index in [-0.39, 0.29) is 5.41 Å². The molecule has 1 aromatic heterocycles. The van der Waals surface area contributed by atoms with Crippen LogP contribution in [0.4, 0.5) is 0 Å². The van der Waals surface area contributed by atoms with Crippen LogP contribution >= 0.6 is 0 Å². The normalized spacial score (nSPS) is 26.8. The van der Waals surface area contributed by atoms with E-state index in [4.69, 9.17) is 9.26 Å². The van der Waals surface area contributed by atoms with Crippen LogP contribution in [0.2, 0.25) is 0 Å². The number of rotatable bonds is 6. The molecule has 0 radical (unpaired) electrons. The Labute approximate surface area is 102 Å². The molecule has 0 bridgehead atoms. The molecule has 0 aliphatic heterocycles. The maximum atomic E-state index is 5.70. The van der Waals surface area contributed by atoms with Gasteiger partial charge < -0.3 is 14.6 Å². The van der Waals surface area contributed by atoms with Gasteiger partial charge >= 0.3 is 0 Å². The molecule has 2 unspecified atom stereocenters. The van der Waals surface area contributed by atoms with E-state index in [2.05, 4.69) is 29.3 Å². The molecule has 1 heterocycles. The Bertz CT molecular complexity index is 338. The van der Waals surface area contributed by atoms with Gasteiger partial charge in [-0.25, -0.2) is 0 Å². The molecule has 0 aromatic carbocycles. The predicted molar refractivity (Wildman–Crippen MR) is 63.6 cm³/mol. The molecule has 17 heavy (non-hydrogen) atoms. The lowest BCUT2D eigenvalue weighted by molar-refractivity contribution is -0.113. The second-order valence-electron chi connectivity index (χ2n) is 5.11. The molecule has 0 amide bonds. The summed E-state index contributed by atoms with van der Waals surface area (Å²) >= 11 is 0. The highest BCUT2D eigenvalue weighted by atomic mass is 16.5. The minimum atomic E-state index is 0.216. The van der Waals surface area contributed by atoms with Crippen LogP contribution < -0.4 is 5.32 Å². The first kappa shape index (κ1) is 12.5. The van der Waals surface area contributed by atoms with Crippen LogP contribution in [0, 0.1) is 5.41 Å². The van der Waals surface area contributed by atoms with Crippen molar-refractivity contribution in [3.63, 3.8) is 0 Å². The summed E-state index contributed by atoms with van der Waals surface area (Å²) in [7, 11) is 0. The fourth-order valence-corrected chi connectivity index (χ4v) is 2.38. The van der Waals surface area contributed by atoms with E-state index >= 15 is 0 Å². The monoisotopic (exact) mass is 239 g/mol. The summed E-state index contributed by atoms with van der Waals surface area (Å²) < 4.78 is 10.4. The topological polar surface area (TPSA) is 60.2 Å². The van der Waals surface area contributed by atoms with Gasteiger partial charge in [-0.2, -0.15) is 4.98 Å². The maximum absolute atomic E-state index is 5.70. The summed E-state index contributed by atoms with van der Waals surface area (Å²) in [6.07, 6.45) is 3.65. The van der Waals surface area contributed by atoms with Gasteiger partial charge in [0.25, 0.3) is 0 Å². The summed E-state index contributed by atoms with van der Waals surface area (Å²) in [6, 6.07) is 0.519. The lowest BCUT2D eigenvalue weighted by atomic mass is 9.64. The molecule has 1 N–H and O–H groups in total. The Morgan fingerprint density at radius 1 is 1.59 bits per heavy atom. The maximum Gasteiger partial charge on any atom is 0.213 e. The molecule has 5 heteroatoms. The van der Waals surface area contributed by atoms with Crippen LogP contribution in [-0.2, 0) is 11.2 Å². The second-order valence-corrected chi connectivity index (χ2v) is 5.11. The highest BCUT2D eigenvalue weighted by molar-refractivity contribution is 5.02. The molecule has 96 valence electrons. The van der Waals surface area contributed by atoms with Gasteiger partial charge in [-0.05, 0) is 13.3 Å². The fraction of sp³-hybridized carbons (Fsp3) is 0.833. The van der Waals surface area contributed by atoms with Crippen molar-refractivity contribution in [2.75, 3.05) is 13.2 Å². The van der Waals surface area contributed by atoms with E-state index in [1.165, 1.54) is 6.39 Å². The van der Waals surface area contributed by atoms with E-state index in [0.717, 1.165) is 31.8 Å². The molecule has 0 spiro atoms. The molecule has 1 fully saturated rings. The van der Waals surface area contributed by atoms with E-state index in [1.54, 1.807) is 0 Å². The molecule has 2 rings (SSSR count). The van der Waals surface area contributed by atoms with E-state index in [1.807, 2.05) is 6.92 Å². The van der Waals surface area contributed by atoms with Gasteiger partial charge in [-0.15, -0.1) is 0 Å². The Balaban J connectivity index is 1.71. The van der Waals surface area contributed by atoms with Crippen LogP contribution in [0.1, 0.15) is 33.0 Å².